The van der Waals surface area contributed by atoms with Crippen LogP contribution < -0.4 is 0 Å². The molecule has 0 bridgehead atoms. The van der Waals surface area contributed by atoms with E-state index < -0.39 is 0 Å². The fourth-order valence-corrected chi connectivity index (χ4v) is 2.16. The molecule has 90 valence electrons. The molecule has 0 unspecified atom stereocenters. The lowest BCUT2D eigenvalue weighted by molar-refractivity contribution is 0.119. The standard InChI is InChI=1S/C13H23N3/c1-10(2)16-8-11-6-7-15(13(3,4)5)9-12(11)14-16/h8,10H,6-7,9H2,1-5H3. The van der Waals surface area contributed by atoms with Crippen LogP contribution in [-0.2, 0) is 13.0 Å². The highest BCUT2D eigenvalue weighted by Gasteiger charge is 2.27. The minimum atomic E-state index is 0.249. The molecule has 0 amide bonds. The number of nitrogens with zero attached hydrogens (tertiary/aromatic N) is 3. The summed E-state index contributed by atoms with van der Waals surface area (Å²) in [6.45, 7) is 13.3. The summed E-state index contributed by atoms with van der Waals surface area (Å²) in [5.41, 5.74) is 2.96. The first kappa shape index (κ1) is 11.6. The van der Waals surface area contributed by atoms with Crippen LogP contribution in [0.5, 0.6) is 0 Å². The lowest BCUT2D eigenvalue weighted by Gasteiger charge is -2.37. The minimum absolute atomic E-state index is 0.249. The van der Waals surface area contributed by atoms with Gasteiger partial charge in [0.05, 0.1) is 5.69 Å². The molecular weight excluding hydrogens is 198 g/mol. The van der Waals surface area contributed by atoms with E-state index in [9.17, 15) is 0 Å². The lowest BCUT2D eigenvalue weighted by atomic mass is 10.00. The summed E-state index contributed by atoms with van der Waals surface area (Å²) in [6, 6.07) is 0.466. The maximum atomic E-state index is 4.69. The highest BCUT2D eigenvalue weighted by atomic mass is 15.3. The maximum Gasteiger partial charge on any atom is 0.0797 e. The number of fused-ring (bicyclic) bond motifs is 1. The SMILES string of the molecule is CC(C)n1cc2c(n1)CN(C(C)(C)C)CC2. The molecule has 0 saturated carbocycles. The molecule has 1 aliphatic rings. The number of rotatable bonds is 1. The fraction of sp³-hybridized carbons (Fsp3) is 0.769. The Morgan fingerprint density at radius 1 is 1.31 bits per heavy atom. The molecule has 1 aromatic heterocycles. The number of aromatic nitrogens is 2. The van der Waals surface area contributed by atoms with Crippen molar-refractivity contribution in [3.05, 3.63) is 17.5 Å². The van der Waals surface area contributed by atoms with Crippen molar-refractivity contribution in [2.24, 2.45) is 0 Å². The molecule has 1 aliphatic heterocycles. The van der Waals surface area contributed by atoms with Gasteiger partial charge in [0.1, 0.15) is 0 Å². The Bertz CT molecular complexity index is 371. The van der Waals surface area contributed by atoms with Gasteiger partial charge < -0.3 is 0 Å². The second-order valence-electron chi connectivity index (χ2n) is 6.02. The van der Waals surface area contributed by atoms with Crippen LogP contribution in [0.15, 0.2) is 6.20 Å². The Labute approximate surface area is 98.4 Å². The molecule has 0 aromatic carbocycles. The first-order chi connectivity index (χ1) is 7.38. The van der Waals surface area contributed by atoms with Crippen molar-refractivity contribution in [3.8, 4) is 0 Å². The molecule has 3 nitrogen and oxygen atoms in total. The van der Waals surface area contributed by atoms with Crippen LogP contribution in [0.1, 0.15) is 51.9 Å². The number of hydrogen-bond acceptors (Lipinski definition) is 2. The summed E-state index contributed by atoms with van der Waals surface area (Å²) >= 11 is 0. The van der Waals surface area contributed by atoms with Gasteiger partial charge in [-0.3, -0.25) is 9.58 Å². The van der Waals surface area contributed by atoms with Crippen LogP contribution in [0, 0.1) is 0 Å². The van der Waals surface area contributed by atoms with Gasteiger partial charge in [-0.2, -0.15) is 5.10 Å². The Hall–Kier alpha value is -0.830. The van der Waals surface area contributed by atoms with Crippen molar-refractivity contribution >= 4 is 0 Å². The molecule has 0 N–H and O–H groups in total. The molecule has 1 aromatic rings. The van der Waals surface area contributed by atoms with Crippen molar-refractivity contribution in [3.63, 3.8) is 0 Å². The third-order valence-corrected chi connectivity index (χ3v) is 3.36. The zero-order valence-electron chi connectivity index (χ0n) is 11.1. The van der Waals surface area contributed by atoms with Crippen molar-refractivity contribution in [2.45, 2.75) is 59.2 Å². The first-order valence-corrected chi connectivity index (χ1v) is 6.20. The molecule has 3 heteroatoms. The van der Waals surface area contributed by atoms with Crippen LogP contribution in [0.3, 0.4) is 0 Å². The van der Waals surface area contributed by atoms with Crippen molar-refractivity contribution < 1.29 is 0 Å². The Morgan fingerprint density at radius 3 is 2.56 bits per heavy atom. The summed E-state index contributed by atoms with van der Waals surface area (Å²) < 4.78 is 2.09. The van der Waals surface area contributed by atoms with Gasteiger partial charge >= 0.3 is 0 Å². The lowest BCUT2D eigenvalue weighted by Crippen LogP contribution is -2.44. The summed E-state index contributed by atoms with van der Waals surface area (Å²) in [5, 5.41) is 4.69. The molecular formula is C13H23N3. The second kappa shape index (κ2) is 3.88. The molecule has 0 aliphatic carbocycles. The molecule has 0 fully saturated rings. The predicted octanol–water partition coefficient (Wildman–Crippen LogP) is 2.62. The highest BCUT2D eigenvalue weighted by Crippen LogP contribution is 2.24. The van der Waals surface area contributed by atoms with Crippen LogP contribution in [0.4, 0.5) is 0 Å². The van der Waals surface area contributed by atoms with Gasteiger partial charge in [0.15, 0.2) is 0 Å². The van der Waals surface area contributed by atoms with Gasteiger partial charge in [-0.05, 0) is 46.6 Å². The van der Waals surface area contributed by atoms with E-state index in [1.165, 1.54) is 11.3 Å². The second-order valence-corrected chi connectivity index (χ2v) is 6.02. The molecule has 2 heterocycles. The topological polar surface area (TPSA) is 21.1 Å². The van der Waals surface area contributed by atoms with Gasteiger partial charge in [0.25, 0.3) is 0 Å². The largest absolute Gasteiger partial charge is 0.292 e. The summed E-state index contributed by atoms with van der Waals surface area (Å²) in [5.74, 6) is 0. The average molecular weight is 221 g/mol. The molecule has 16 heavy (non-hydrogen) atoms. The van der Waals surface area contributed by atoms with Gasteiger partial charge in [-0.1, -0.05) is 0 Å². The van der Waals surface area contributed by atoms with E-state index >= 15 is 0 Å². The molecule has 0 radical (unpaired) electrons. The summed E-state index contributed by atoms with van der Waals surface area (Å²) in [4.78, 5) is 2.51. The Morgan fingerprint density at radius 2 is 2.00 bits per heavy atom. The van der Waals surface area contributed by atoms with Crippen LogP contribution in [0.25, 0.3) is 0 Å². The van der Waals surface area contributed by atoms with Crippen LogP contribution >= 0.6 is 0 Å². The molecule has 2 rings (SSSR count). The third-order valence-electron chi connectivity index (χ3n) is 3.36. The van der Waals surface area contributed by atoms with Gasteiger partial charge in [0, 0.05) is 30.9 Å². The zero-order valence-corrected chi connectivity index (χ0v) is 11.1. The van der Waals surface area contributed by atoms with Crippen molar-refractivity contribution in [2.75, 3.05) is 6.54 Å². The molecule has 0 saturated heterocycles. The van der Waals surface area contributed by atoms with Crippen molar-refractivity contribution in [1.29, 1.82) is 0 Å². The van der Waals surface area contributed by atoms with E-state index in [1.807, 2.05) is 0 Å². The highest BCUT2D eigenvalue weighted by molar-refractivity contribution is 5.20. The van der Waals surface area contributed by atoms with Gasteiger partial charge in [0.2, 0.25) is 0 Å². The monoisotopic (exact) mass is 221 g/mol. The Balaban J connectivity index is 2.21. The van der Waals surface area contributed by atoms with Gasteiger partial charge in [-0.15, -0.1) is 0 Å². The number of hydrogen-bond donors (Lipinski definition) is 0. The van der Waals surface area contributed by atoms with E-state index in [4.69, 9.17) is 0 Å². The normalized spacial score (nSPS) is 17.9. The predicted molar refractivity (Wildman–Crippen MR) is 66.5 cm³/mol. The van der Waals surface area contributed by atoms with Crippen LogP contribution in [-0.4, -0.2) is 26.8 Å². The third kappa shape index (κ3) is 2.14. The minimum Gasteiger partial charge on any atom is -0.292 e. The van der Waals surface area contributed by atoms with Crippen LogP contribution in [0.2, 0.25) is 0 Å². The summed E-state index contributed by atoms with van der Waals surface area (Å²) in [7, 11) is 0. The van der Waals surface area contributed by atoms with E-state index in [2.05, 4.69) is 55.5 Å². The summed E-state index contributed by atoms with van der Waals surface area (Å²) in [6.07, 6.45) is 3.36. The smallest absolute Gasteiger partial charge is 0.0797 e. The van der Waals surface area contributed by atoms with Gasteiger partial charge in [-0.25, -0.2) is 0 Å². The molecule has 0 atom stereocenters. The van der Waals surface area contributed by atoms with Crippen molar-refractivity contribution in [1.82, 2.24) is 14.7 Å². The zero-order chi connectivity index (χ0) is 11.9. The Kier molecular flexibility index (Phi) is 2.82. The van der Waals surface area contributed by atoms with E-state index in [-0.39, 0.29) is 5.54 Å². The fourth-order valence-electron chi connectivity index (χ4n) is 2.16. The quantitative estimate of drug-likeness (QED) is 0.727. The van der Waals surface area contributed by atoms with E-state index in [1.54, 1.807) is 0 Å². The van der Waals surface area contributed by atoms with E-state index in [0.29, 0.717) is 6.04 Å². The average Bonchev–Trinajstić information content (AvgIpc) is 2.58. The molecule has 0 spiro atoms. The first-order valence-electron chi connectivity index (χ1n) is 6.20. The maximum absolute atomic E-state index is 4.69. The van der Waals surface area contributed by atoms with E-state index in [0.717, 1.165) is 19.5 Å².